The summed E-state index contributed by atoms with van der Waals surface area (Å²) in [7, 11) is 0. The smallest absolute Gasteiger partial charge is 0.272 e. The van der Waals surface area contributed by atoms with E-state index in [1.54, 1.807) is 6.20 Å². The first-order valence-corrected chi connectivity index (χ1v) is 9.44. The minimum atomic E-state index is 0.0132. The Morgan fingerprint density at radius 3 is 3.04 bits per heavy atom. The highest BCUT2D eigenvalue weighted by Gasteiger charge is 2.22. The second-order valence-electron chi connectivity index (χ2n) is 7.05. The number of aryl methyl sites for hydroxylation is 1. The summed E-state index contributed by atoms with van der Waals surface area (Å²) < 4.78 is 0. The van der Waals surface area contributed by atoms with E-state index in [9.17, 15) is 4.79 Å². The van der Waals surface area contributed by atoms with Crippen LogP contribution in [0.5, 0.6) is 0 Å². The summed E-state index contributed by atoms with van der Waals surface area (Å²) in [5.74, 6) is 0.0132. The molecule has 0 saturated carbocycles. The lowest BCUT2D eigenvalue weighted by atomic mass is 9.99. The van der Waals surface area contributed by atoms with Crippen LogP contribution in [0.15, 0.2) is 42.7 Å². The van der Waals surface area contributed by atoms with Gasteiger partial charge in [0.25, 0.3) is 5.91 Å². The lowest BCUT2D eigenvalue weighted by molar-refractivity contribution is 0.0767. The van der Waals surface area contributed by atoms with Crippen molar-refractivity contribution in [1.82, 2.24) is 19.9 Å². The van der Waals surface area contributed by atoms with Crippen molar-refractivity contribution in [2.75, 3.05) is 25.0 Å². The maximum Gasteiger partial charge on any atom is 0.272 e. The number of pyridine rings is 2. The lowest BCUT2D eigenvalue weighted by Crippen LogP contribution is -2.35. The van der Waals surface area contributed by atoms with Crippen molar-refractivity contribution in [3.63, 3.8) is 0 Å². The van der Waals surface area contributed by atoms with Crippen LogP contribution >= 0.6 is 0 Å². The lowest BCUT2D eigenvalue weighted by Gasteiger charge is -2.27. The van der Waals surface area contributed by atoms with E-state index in [1.807, 2.05) is 29.3 Å². The molecular formula is C21H21N5O. The van der Waals surface area contributed by atoms with Gasteiger partial charge in [-0.1, -0.05) is 6.08 Å². The molecule has 3 aromatic rings. The van der Waals surface area contributed by atoms with Gasteiger partial charge in [0.1, 0.15) is 11.3 Å². The number of H-pyrrole nitrogens is 1. The second-order valence-corrected chi connectivity index (χ2v) is 7.05. The van der Waals surface area contributed by atoms with Gasteiger partial charge in [0.2, 0.25) is 0 Å². The number of aromatic nitrogens is 3. The zero-order valence-electron chi connectivity index (χ0n) is 15.0. The number of hydrogen-bond acceptors (Lipinski definition) is 4. The summed E-state index contributed by atoms with van der Waals surface area (Å²) in [6, 6.07) is 7.86. The van der Waals surface area contributed by atoms with Crippen LogP contribution in [0, 0.1) is 0 Å². The van der Waals surface area contributed by atoms with E-state index < -0.39 is 0 Å². The monoisotopic (exact) mass is 359 g/mol. The number of nitrogens with one attached hydrogen (secondary N) is 2. The van der Waals surface area contributed by atoms with Crippen LogP contribution in [0.1, 0.15) is 34.6 Å². The molecular weight excluding hydrogens is 338 g/mol. The van der Waals surface area contributed by atoms with E-state index in [4.69, 9.17) is 0 Å². The molecule has 0 fully saturated rings. The summed E-state index contributed by atoms with van der Waals surface area (Å²) in [6.45, 7) is 2.29. The summed E-state index contributed by atoms with van der Waals surface area (Å²) >= 11 is 0. The van der Waals surface area contributed by atoms with E-state index in [-0.39, 0.29) is 5.91 Å². The number of anilines is 1. The highest BCUT2D eigenvalue weighted by molar-refractivity contribution is 5.94. The average molecular weight is 359 g/mol. The highest BCUT2D eigenvalue weighted by atomic mass is 16.2. The van der Waals surface area contributed by atoms with Gasteiger partial charge in [0, 0.05) is 43.0 Å². The maximum atomic E-state index is 12.9. The van der Waals surface area contributed by atoms with Crippen LogP contribution in [0.4, 0.5) is 5.69 Å². The number of fused-ring (bicyclic) bond motifs is 2. The van der Waals surface area contributed by atoms with Crippen LogP contribution < -0.4 is 5.32 Å². The van der Waals surface area contributed by atoms with Gasteiger partial charge in [0.05, 0.1) is 11.4 Å². The molecule has 5 rings (SSSR count). The SMILES string of the molecule is O=C(c1ccc2c(n1)CCCN2)N1CC=C(c2c[nH]c3ncccc23)CC1. The van der Waals surface area contributed by atoms with Crippen molar-refractivity contribution in [3.8, 4) is 0 Å². The fraction of sp³-hybridized carbons (Fsp3) is 0.286. The molecule has 0 aliphatic carbocycles. The number of hydrogen-bond donors (Lipinski definition) is 2. The molecule has 0 aromatic carbocycles. The Kier molecular flexibility index (Phi) is 3.89. The molecule has 0 saturated heterocycles. The van der Waals surface area contributed by atoms with Crippen LogP contribution in [0.25, 0.3) is 16.6 Å². The van der Waals surface area contributed by atoms with Gasteiger partial charge < -0.3 is 15.2 Å². The zero-order chi connectivity index (χ0) is 18.2. The third-order valence-electron chi connectivity index (χ3n) is 5.39. The Hall–Kier alpha value is -3.15. The topological polar surface area (TPSA) is 73.9 Å². The average Bonchev–Trinajstić information content (AvgIpc) is 3.17. The summed E-state index contributed by atoms with van der Waals surface area (Å²) in [5.41, 5.74) is 5.96. The molecule has 0 atom stereocenters. The molecule has 0 spiro atoms. The van der Waals surface area contributed by atoms with E-state index in [0.29, 0.717) is 18.8 Å². The van der Waals surface area contributed by atoms with Crippen molar-refractivity contribution >= 4 is 28.2 Å². The van der Waals surface area contributed by atoms with Crippen molar-refractivity contribution < 1.29 is 4.79 Å². The fourth-order valence-corrected chi connectivity index (χ4v) is 3.93. The van der Waals surface area contributed by atoms with Crippen molar-refractivity contribution in [2.45, 2.75) is 19.3 Å². The number of nitrogens with zero attached hydrogens (tertiary/aromatic N) is 3. The van der Waals surface area contributed by atoms with Gasteiger partial charge in [-0.05, 0) is 49.1 Å². The van der Waals surface area contributed by atoms with Gasteiger partial charge in [-0.25, -0.2) is 9.97 Å². The molecule has 2 aliphatic rings. The number of amides is 1. The Labute approximate surface area is 157 Å². The fourth-order valence-electron chi connectivity index (χ4n) is 3.93. The Morgan fingerprint density at radius 1 is 1.19 bits per heavy atom. The van der Waals surface area contributed by atoms with Crippen LogP contribution in [0.3, 0.4) is 0 Å². The van der Waals surface area contributed by atoms with Crippen LogP contribution in [-0.2, 0) is 6.42 Å². The van der Waals surface area contributed by atoms with Crippen molar-refractivity contribution in [1.29, 1.82) is 0 Å². The molecule has 0 radical (unpaired) electrons. The Morgan fingerprint density at radius 2 is 2.15 bits per heavy atom. The first kappa shape index (κ1) is 16.1. The number of carbonyl (C=O) groups is 1. The zero-order valence-corrected chi connectivity index (χ0v) is 15.0. The minimum absolute atomic E-state index is 0.0132. The van der Waals surface area contributed by atoms with E-state index in [2.05, 4.69) is 32.4 Å². The van der Waals surface area contributed by atoms with E-state index >= 15 is 0 Å². The predicted octanol–water partition coefficient (Wildman–Crippen LogP) is 3.25. The summed E-state index contributed by atoms with van der Waals surface area (Å²) in [6.07, 6.45) is 8.78. The van der Waals surface area contributed by atoms with Gasteiger partial charge in [-0.15, -0.1) is 0 Å². The predicted molar refractivity (Wildman–Crippen MR) is 106 cm³/mol. The molecule has 2 N–H and O–H groups in total. The standard InChI is InChI=1S/C21H21N5O/c27-21(19-6-5-17-18(25-19)4-2-9-22-17)26-11-7-14(8-12-26)16-13-24-20-15(16)3-1-10-23-20/h1,3,5-7,10,13,22H,2,4,8-9,11-12H2,(H,23,24). The largest absolute Gasteiger partial charge is 0.384 e. The summed E-state index contributed by atoms with van der Waals surface area (Å²) in [4.78, 5) is 27.0. The molecule has 6 nitrogen and oxygen atoms in total. The molecule has 27 heavy (non-hydrogen) atoms. The normalized spacial score (nSPS) is 16.6. The molecule has 0 bridgehead atoms. The van der Waals surface area contributed by atoms with E-state index in [1.165, 1.54) is 11.1 Å². The van der Waals surface area contributed by atoms with Crippen LogP contribution in [-0.4, -0.2) is 45.4 Å². The Balaban J connectivity index is 1.36. The van der Waals surface area contributed by atoms with Crippen molar-refractivity contribution in [3.05, 3.63) is 59.7 Å². The van der Waals surface area contributed by atoms with Gasteiger partial charge in [0.15, 0.2) is 0 Å². The number of carbonyl (C=O) groups excluding carboxylic acids is 1. The molecule has 3 aromatic heterocycles. The third kappa shape index (κ3) is 2.87. The molecule has 136 valence electrons. The minimum Gasteiger partial charge on any atom is -0.384 e. The Bertz CT molecular complexity index is 1050. The van der Waals surface area contributed by atoms with Gasteiger partial charge in [-0.2, -0.15) is 0 Å². The quantitative estimate of drug-likeness (QED) is 0.737. The first-order valence-electron chi connectivity index (χ1n) is 9.44. The van der Waals surface area contributed by atoms with Crippen LogP contribution in [0.2, 0.25) is 0 Å². The van der Waals surface area contributed by atoms with Crippen molar-refractivity contribution in [2.24, 2.45) is 0 Å². The molecule has 5 heterocycles. The maximum absolute atomic E-state index is 12.9. The van der Waals surface area contributed by atoms with E-state index in [0.717, 1.165) is 48.2 Å². The highest BCUT2D eigenvalue weighted by Crippen LogP contribution is 2.29. The van der Waals surface area contributed by atoms with Gasteiger partial charge >= 0.3 is 0 Å². The molecule has 6 heteroatoms. The molecule has 2 aliphatic heterocycles. The van der Waals surface area contributed by atoms with Gasteiger partial charge in [-0.3, -0.25) is 4.79 Å². The summed E-state index contributed by atoms with van der Waals surface area (Å²) in [5, 5.41) is 4.47. The number of aromatic amines is 1. The first-order chi connectivity index (χ1) is 13.3. The second kappa shape index (κ2) is 6.54. The number of rotatable bonds is 2. The molecule has 1 amide bonds. The molecule has 0 unspecified atom stereocenters. The third-order valence-corrected chi connectivity index (χ3v) is 5.39.